The number of nitro groups is 1. The van der Waals surface area contributed by atoms with Crippen molar-refractivity contribution in [3.63, 3.8) is 0 Å². The van der Waals surface area contributed by atoms with Gasteiger partial charge in [-0.1, -0.05) is 42.5 Å². The first kappa shape index (κ1) is 25.0. The van der Waals surface area contributed by atoms with Crippen LogP contribution in [0.2, 0.25) is 0 Å². The van der Waals surface area contributed by atoms with E-state index >= 15 is 0 Å². The molecule has 2 amide bonds. The van der Waals surface area contributed by atoms with Crippen molar-refractivity contribution in [1.29, 1.82) is 0 Å². The van der Waals surface area contributed by atoms with Gasteiger partial charge in [0.25, 0.3) is 16.8 Å². The monoisotopic (exact) mass is 526 g/mol. The Morgan fingerprint density at radius 1 is 0.895 bits per heavy atom. The number of benzene rings is 4. The van der Waals surface area contributed by atoms with E-state index in [1.54, 1.807) is 36.4 Å². The molecule has 1 saturated heterocycles. The molecule has 0 aromatic heterocycles. The minimum atomic E-state index is -0.454. The quantitative estimate of drug-likeness (QED) is 0.145. The lowest BCUT2D eigenvalue weighted by Crippen LogP contribution is -2.27. The lowest BCUT2D eigenvalue weighted by atomic mass is 10.1. The molecule has 0 saturated carbocycles. The molecule has 1 heterocycles. The van der Waals surface area contributed by atoms with Crippen molar-refractivity contribution in [3.05, 3.63) is 117 Å². The number of rotatable bonds is 8. The SMILES string of the molecule is COc1cc(/C=C2/SC(=O)N(Cc3ccc4ccccc4c3)C2=O)ccc1OCc1ccc([N+](=O)[O-])cc1. The van der Waals surface area contributed by atoms with Gasteiger partial charge in [0.05, 0.1) is 23.5 Å². The number of hydrogen-bond acceptors (Lipinski definition) is 7. The fraction of sp³-hybridized carbons (Fsp3) is 0.103. The summed E-state index contributed by atoms with van der Waals surface area (Å²) < 4.78 is 11.3. The number of amides is 2. The normalized spacial score (nSPS) is 14.3. The van der Waals surface area contributed by atoms with Crippen LogP contribution in [0.25, 0.3) is 16.8 Å². The summed E-state index contributed by atoms with van der Waals surface area (Å²) >= 11 is 0.906. The third kappa shape index (κ3) is 5.37. The summed E-state index contributed by atoms with van der Waals surface area (Å²) in [6.07, 6.45) is 1.66. The number of nitrogens with zero attached hydrogens (tertiary/aromatic N) is 2. The number of ether oxygens (including phenoxy) is 2. The molecule has 0 unspecified atom stereocenters. The summed E-state index contributed by atoms with van der Waals surface area (Å²) in [5, 5.41) is 12.7. The zero-order chi connectivity index (χ0) is 26.6. The number of non-ortho nitro benzene ring substituents is 1. The van der Waals surface area contributed by atoms with E-state index in [4.69, 9.17) is 9.47 Å². The second-order valence-electron chi connectivity index (χ2n) is 8.57. The van der Waals surface area contributed by atoms with E-state index in [1.165, 1.54) is 24.1 Å². The van der Waals surface area contributed by atoms with Crippen molar-refractivity contribution < 1.29 is 24.0 Å². The maximum atomic E-state index is 13.1. The average Bonchev–Trinajstić information content (AvgIpc) is 3.19. The Balaban J connectivity index is 1.28. The highest BCUT2D eigenvalue weighted by atomic mass is 32.2. The molecule has 4 aromatic carbocycles. The highest BCUT2D eigenvalue weighted by molar-refractivity contribution is 8.18. The van der Waals surface area contributed by atoms with Crippen molar-refractivity contribution in [2.45, 2.75) is 13.2 Å². The summed E-state index contributed by atoms with van der Waals surface area (Å²) in [7, 11) is 1.51. The second kappa shape index (κ2) is 10.8. The molecule has 8 nitrogen and oxygen atoms in total. The van der Waals surface area contributed by atoms with Crippen LogP contribution in [0.5, 0.6) is 11.5 Å². The molecular formula is C29H22N2O6S. The van der Waals surface area contributed by atoms with Crippen molar-refractivity contribution in [2.24, 2.45) is 0 Å². The number of nitro benzene ring substituents is 1. The molecule has 1 fully saturated rings. The van der Waals surface area contributed by atoms with Crippen molar-refractivity contribution in [1.82, 2.24) is 4.90 Å². The number of carbonyl (C=O) groups is 2. The van der Waals surface area contributed by atoms with Gasteiger partial charge >= 0.3 is 0 Å². The maximum absolute atomic E-state index is 13.1. The summed E-state index contributed by atoms with van der Waals surface area (Å²) in [4.78, 5) is 37.7. The zero-order valence-corrected chi connectivity index (χ0v) is 21.1. The first-order chi connectivity index (χ1) is 18.4. The smallest absolute Gasteiger partial charge is 0.293 e. The van der Waals surface area contributed by atoms with E-state index < -0.39 is 4.92 Å². The first-order valence-electron chi connectivity index (χ1n) is 11.7. The molecular weight excluding hydrogens is 504 g/mol. The summed E-state index contributed by atoms with van der Waals surface area (Å²) in [6, 6.07) is 25.2. The minimum absolute atomic E-state index is 0.0114. The van der Waals surface area contributed by atoms with Crippen LogP contribution in [0.3, 0.4) is 0 Å². The molecule has 0 atom stereocenters. The summed E-state index contributed by atoms with van der Waals surface area (Å²) in [5.74, 6) is 0.592. The van der Waals surface area contributed by atoms with Crippen LogP contribution < -0.4 is 9.47 Å². The molecule has 1 aliphatic rings. The first-order valence-corrected chi connectivity index (χ1v) is 12.5. The fourth-order valence-corrected chi connectivity index (χ4v) is 4.91. The van der Waals surface area contributed by atoms with Crippen LogP contribution >= 0.6 is 11.8 Å². The number of imide groups is 1. The second-order valence-corrected chi connectivity index (χ2v) is 9.57. The Morgan fingerprint density at radius 3 is 2.37 bits per heavy atom. The van der Waals surface area contributed by atoms with Crippen LogP contribution in [-0.2, 0) is 17.9 Å². The zero-order valence-electron chi connectivity index (χ0n) is 20.3. The third-order valence-corrected chi connectivity index (χ3v) is 6.96. The van der Waals surface area contributed by atoms with E-state index in [9.17, 15) is 19.7 Å². The van der Waals surface area contributed by atoms with Gasteiger partial charge in [-0.2, -0.15) is 0 Å². The number of fused-ring (bicyclic) bond motifs is 1. The predicted octanol–water partition coefficient (Wildman–Crippen LogP) is 6.57. The van der Waals surface area contributed by atoms with Crippen molar-refractivity contribution >= 4 is 45.4 Å². The molecule has 0 spiro atoms. The number of carbonyl (C=O) groups excluding carboxylic acids is 2. The Morgan fingerprint density at radius 2 is 1.63 bits per heavy atom. The minimum Gasteiger partial charge on any atom is -0.493 e. The Bertz CT molecular complexity index is 1580. The van der Waals surface area contributed by atoms with Gasteiger partial charge in [-0.25, -0.2) is 0 Å². The fourth-order valence-electron chi connectivity index (χ4n) is 4.08. The van der Waals surface area contributed by atoms with Gasteiger partial charge in [-0.05, 0) is 75.6 Å². The van der Waals surface area contributed by atoms with Gasteiger partial charge in [0.1, 0.15) is 6.61 Å². The van der Waals surface area contributed by atoms with E-state index in [2.05, 4.69) is 0 Å². The molecule has 9 heteroatoms. The topological polar surface area (TPSA) is 99.0 Å². The molecule has 0 radical (unpaired) electrons. The predicted molar refractivity (Wildman–Crippen MR) is 146 cm³/mol. The highest BCUT2D eigenvalue weighted by Crippen LogP contribution is 2.35. The van der Waals surface area contributed by atoms with Gasteiger partial charge in [0, 0.05) is 12.1 Å². The Labute approximate surface area is 222 Å². The average molecular weight is 527 g/mol. The summed E-state index contributed by atoms with van der Waals surface area (Å²) in [5.41, 5.74) is 2.34. The molecule has 190 valence electrons. The third-order valence-electron chi connectivity index (χ3n) is 6.06. The molecule has 38 heavy (non-hydrogen) atoms. The van der Waals surface area contributed by atoms with Crippen LogP contribution in [0.1, 0.15) is 16.7 Å². The van der Waals surface area contributed by atoms with E-state index in [-0.39, 0.29) is 30.0 Å². The summed E-state index contributed by atoms with van der Waals surface area (Å²) in [6.45, 7) is 0.396. The van der Waals surface area contributed by atoms with Gasteiger partial charge in [0.2, 0.25) is 0 Å². The molecule has 4 aromatic rings. The Kier molecular flexibility index (Phi) is 7.10. The molecule has 0 N–H and O–H groups in total. The van der Waals surface area contributed by atoms with E-state index in [0.29, 0.717) is 22.0 Å². The molecule has 5 rings (SSSR count). The highest BCUT2D eigenvalue weighted by Gasteiger charge is 2.35. The molecule has 0 aliphatic carbocycles. The van der Waals surface area contributed by atoms with Crippen LogP contribution in [0.4, 0.5) is 10.5 Å². The lowest BCUT2D eigenvalue weighted by molar-refractivity contribution is -0.384. The van der Waals surface area contributed by atoms with Gasteiger partial charge < -0.3 is 9.47 Å². The molecule has 0 bridgehead atoms. The number of methoxy groups -OCH3 is 1. The molecule has 1 aliphatic heterocycles. The lowest BCUT2D eigenvalue weighted by Gasteiger charge is -2.13. The standard InChI is InChI=1S/C29H22N2O6S/c1-36-26-15-20(9-13-25(26)37-18-19-7-11-24(12-8-19)31(34)35)16-27-28(32)30(29(33)38-27)17-21-6-10-22-4-2-3-5-23(22)14-21/h2-16H,17-18H2,1H3/b27-16+. The van der Waals surface area contributed by atoms with E-state index in [1.807, 2.05) is 42.5 Å². The maximum Gasteiger partial charge on any atom is 0.293 e. The largest absolute Gasteiger partial charge is 0.493 e. The van der Waals surface area contributed by atoms with Crippen LogP contribution in [-0.4, -0.2) is 28.1 Å². The van der Waals surface area contributed by atoms with Crippen LogP contribution in [0.15, 0.2) is 89.8 Å². The number of thioether (sulfide) groups is 1. The van der Waals surface area contributed by atoms with Crippen molar-refractivity contribution in [2.75, 3.05) is 7.11 Å². The Hall–Kier alpha value is -4.63. The van der Waals surface area contributed by atoms with Gasteiger partial charge in [-0.15, -0.1) is 0 Å². The van der Waals surface area contributed by atoms with Gasteiger partial charge in [-0.3, -0.25) is 24.6 Å². The van der Waals surface area contributed by atoms with Crippen LogP contribution in [0, 0.1) is 10.1 Å². The van der Waals surface area contributed by atoms with Crippen molar-refractivity contribution in [3.8, 4) is 11.5 Å². The van der Waals surface area contributed by atoms with E-state index in [0.717, 1.165) is 33.7 Å². The number of hydrogen-bond donors (Lipinski definition) is 0. The van der Waals surface area contributed by atoms with Gasteiger partial charge in [0.15, 0.2) is 11.5 Å².